The van der Waals surface area contributed by atoms with Crippen molar-refractivity contribution in [2.45, 2.75) is 43.6 Å². The second kappa shape index (κ2) is 7.41. The fourth-order valence-corrected chi connectivity index (χ4v) is 4.20. The summed E-state index contributed by atoms with van der Waals surface area (Å²) in [7, 11) is 0. The molecule has 1 saturated carbocycles. The van der Waals surface area contributed by atoms with E-state index in [2.05, 4.69) is 46.9 Å². The molecule has 1 aliphatic heterocycles. The van der Waals surface area contributed by atoms with Crippen LogP contribution in [0.25, 0.3) is 0 Å². The van der Waals surface area contributed by atoms with E-state index in [-0.39, 0.29) is 23.7 Å². The Kier molecular flexibility index (Phi) is 5.39. The normalized spacial score (nSPS) is 20.0. The van der Waals surface area contributed by atoms with Crippen LogP contribution in [0.5, 0.6) is 0 Å². The van der Waals surface area contributed by atoms with Gasteiger partial charge in [0.1, 0.15) is 5.54 Å². The van der Waals surface area contributed by atoms with E-state index < -0.39 is 5.54 Å². The lowest BCUT2D eigenvalue weighted by molar-refractivity contribution is -0.132. The standard InChI is InChI=1S/C20H26N4O.ClH/c1-16-5-2-3-6-17(16)19(7-8-19)15-22-18(25)20(9-12-21-13-10-20)24-14-4-11-23-24;/h2-6,11,14,21H,7-10,12-13,15H2,1H3,(H,22,25);1H. The lowest BCUT2D eigenvalue weighted by atomic mass is 9.86. The molecule has 2 heterocycles. The van der Waals surface area contributed by atoms with E-state index in [9.17, 15) is 4.79 Å². The van der Waals surface area contributed by atoms with Crippen LogP contribution in [0, 0.1) is 6.92 Å². The van der Waals surface area contributed by atoms with Gasteiger partial charge >= 0.3 is 0 Å². The lowest BCUT2D eigenvalue weighted by Gasteiger charge is -2.37. The second-order valence-electron chi connectivity index (χ2n) is 7.51. The molecule has 2 aliphatic rings. The lowest BCUT2D eigenvalue weighted by Crippen LogP contribution is -2.55. The molecule has 0 atom stereocenters. The van der Waals surface area contributed by atoms with E-state index >= 15 is 0 Å². The first-order chi connectivity index (χ1) is 12.2. The number of benzene rings is 1. The van der Waals surface area contributed by atoms with Gasteiger partial charge in [-0.25, -0.2) is 0 Å². The Labute approximate surface area is 161 Å². The maximum Gasteiger partial charge on any atom is 0.248 e. The van der Waals surface area contributed by atoms with Gasteiger partial charge in [-0.1, -0.05) is 24.3 Å². The molecule has 6 heteroatoms. The van der Waals surface area contributed by atoms with E-state index in [4.69, 9.17) is 0 Å². The van der Waals surface area contributed by atoms with Crippen LogP contribution in [-0.2, 0) is 15.7 Å². The molecule has 1 amide bonds. The van der Waals surface area contributed by atoms with E-state index in [0.29, 0.717) is 6.54 Å². The van der Waals surface area contributed by atoms with Gasteiger partial charge in [0.25, 0.3) is 0 Å². The predicted molar refractivity (Wildman–Crippen MR) is 105 cm³/mol. The van der Waals surface area contributed by atoms with Crippen LogP contribution < -0.4 is 10.6 Å². The van der Waals surface area contributed by atoms with Gasteiger partial charge < -0.3 is 10.6 Å². The van der Waals surface area contributed by atoms with E-state index in [1.54, 1.807) is 6.20 Å². The average Bonchev–Trinajstić information content (AvgIpc) is 3.22. The zero-order valence-corrected chi connectivity index (χ0v) is 16.0. The molecule has 1 aromatic heterocycles. The third-order valence-corrected chi connectivity index (χ3v) is 5.95. The number of carbonyl (C=O) groups excluding carboxylic acids is 1. The number of nitrogens with one attached hydrogen (secondary N) is 2. The van der Waals surface area contributed by atoms with Crippen molar-refractivity contribution in [3.8, 4) is 0 Å². The first-order valence-corrected chi connectivity index (χ1v) is 9.22. The Morgan fingerprint density at radius 2 is 1.92 bits per heavy atom. The Balaban J connectivity index is 0.00000196. The second-order valence-corrected chi connectivity index (χ2v) is 7.51. The Morgan fingerprint density at radius 3 is 2.54 bits per heavy atom. The van der Waals surface area contributed by atoms with Gasteiger partial charge in [0.05, 0.1) is 0 Å². The summed E-state index contributed by atoms with van der Waals surface area (Å²) in [4.78, 5) is 13.2. The number of rotatable bonds is 5. The Morgan fingerprint density at radius 1 is 1.19 bits per heavy atom. The number of carbonyl (C=O) groups is 1. The quantitative estimate of drug-likeness (QED) is 0.845. The van der Waals surface area contributed by atoms with Gasteiger partial charge in [-0.05, 0) is 62.9 Å². The first kappa shape index (κ1) is 18.9. The highest BCUT2D eigenvalue weighted by atomic mass is 35.5. The molecule has 1 aliphatic carbocycles. The van der Waals surface area contributed by atoms with Crippen LogP contribution in [0.3, 0.4) is 0 Å². The van der Waals surface area contributed by atoms with E-state index in [1.165, 1.54) is 11.1 Å². The van der Waals surface area contributed by atoms with E-state index in [0.717, 1.165) is 38.8 Å². The molecule has 0 spiro atoms. The molecule has 0 bridgehead atoms. The largest absolute Gasteiger partial charge is 0.353 e. The van der Waals surface area contributed by atoms with Crippen molar-refractivity contribution in [2.75, 3.05) is 19.6 Å². The third-order valence-electron chi connectivity index (χ3n) is 5.95. The Hall–Kier alpha value is -1.85. The number of piperidine rings is 1. The van der Waals surface area contributed by atoms with Crippen molar-refractivity contribution < 1.29 is 4.79 Å². The van der Waals surface area contributed by atoms with Crippen LogP contribution >= 0.6 is 12.4 Å². The zero-order chi connectivity index (χ0) is 17.3. The molecule has 1 aromatic carbocycles. The number of amides is 1. The molecule has 2 N–H and O–H groups in total. The van der Waals surface area contributed by atoms with Crippen molar-refractivity contribution in [3.63, 3.8) is 0 Å². The molecular weight excluding hydrogens is 348 g/mol. The fraction of sp³-hybridized carbons (Fsp3) is 0.500. The SMILES string of the molecule is Cc1ccccc1C1(CNC(=O)C2(n3cccn3)CCNCC2)CC1.Cl. The van der Waals surface area contributed by atoms with Gasteiger partial charge in [-0.3, -0.25) is 9.48 Å². The number of aryl methyl sites for hydroxylation is 1. The van der Waals surface area contributed by atoms with Crippen molar-refractivity contribution in [1.29, 1.82) is 0 Å². The summed E-state index contributed by atoms with van der Waals surface area (Å²) in [6, 6.07) is 10.4. The predicted octanol–water partition coefficient (Wildman–Crippen LogP) is 2.54. The molecule has 0 unspecified atom stereocenters. The molecule has 5 nitrogen and oxygen atoms in total. The van der Waals surface area contributed by atoms with Gasteiger partial charge in [-0.15, -0.1) is 12.4 Å². The smallest absolute Gasteiger partial charge is 0.248 e. The van der Waals surface area contributed by atoms with Gasteiger partial charge in [-0.2, -0.15) is 5.10 Å². The van der Waals surface area contributed by atoms with Crippen molar-refractivity contribution >= 4 is 18.3 Å². The maximum atomic E-state index is 13.2. The minimum Gasteiger partial charge on any atom is -0.353 e. The summed E-state index contributed by atoms with van der Waals surface area (Å²) >= 11 is 0. The highest BCUT2D eigenvalue weighted by Crippen LogP contribution is 2.48. The molecule has 2 fully saturated rings. The first-order valence-electron chi connectivity index (χ1n) is 9.22. The Bertz CT molecular complexity index is 749. The minimum absolute atomic E-state index is 0. The molecule has 26 heavy (non-hydrogen) atoms. The van der Waals surface area contributed by atoms with Crippen LogP contribution in [0.1, 0.15) is 36.8 Å². The van der Waals surface area contributed by atoms with Crippen LogP contribution in [0.2, 0.25) is 0 Å². The summed E-state index contributed by atoms with van der Waals surface area (Å²) in [5.74, 6) is 0.109. The number of nitrogens with zero attached hydrogens (tertiary/aromatic N) is 2. The summed E-state index contributed by atoms with van der Waals surface area (Å²) < 4.78 is 1.86. The molecular formula is C20H27ClN4O. The van der Waals surface area contributed by atoms with Crippen molar-refractivity contribution in [3.05, 3.63) is 53.9 Å². The van der Waals surface area contributed by atoms with Gasteiger partial charge in [0, 0.05) is 24.4 Å². The fourth-order valence-electron chi connectivity index (χ4n) is 4.20. The number of aromatic nitrogens is 2. The summed E-state index contributed by atoms with van der Waals surface area (Å²) in [5, 5.41) is 11.0. The summed E-state index contributed by atoms with van der Waals surface area (Å²) in [5.41, 5.74) is 2.27. The average molecular weight is 375 g/mol. The molecule has 140 valence electrons. The van der Waals surface area contributed by atoms with Crippen LogP contribution in [-0.4, -0.2) is 35.3 Å². The summed E-state index contributed by atoms with van der Waals surface area (Å²) in [6.07, 6.45) is 7.52. The molecule has 0 radical (unpaired) electrons. The monoisotopic (exact) mass is 374 g/mol. The van der Waals surface area contributed by atoms with Crippen molar-refractivity contribution in [2.24, 2.45) is 0 Å². The number of halogens is 1. The molecule has 2 aromatic rings. The van der Waals surface area contributed by atoms with Crippen LogP contribution in [0.4, 0.5) is 0 Å². The highest BCUT2D eigenvalue weighted by Gasteiger charge is 2.47. The number of hydrogen-bond donors (Lipinski definition) is 2. The molecule has 4 rings (SSSR count). The van der Waals surface area contributed by atoms with Crippen molar-refractivity contribution in [1.82, 2.24) is 20.4 Å². The minimum atomic E-state index is -0.559. The molecule has 1 saturated heterocycles. The topological polar surface area (TPSA) is 59.0 Å². The van der Waals surface area contributed by atoms with E-state index in [1.807, 2.05) is 16.9 Å². The highest BCUT2D eigenvalue weighted by molar-refractivity contribution is 5.85. The van der Waals surface area contributed by atoms with Crippen LogP contribution in [0.15, 0.2) is 42.7 Å². The summed E-state index contributed by atoms with van der Waals surface area (Å²) in [6.45, 7) is 4.56. The zero-order valence-electron chi connectivity index (χ0n) is 15.2. The third kappa shape index (κ3) is 3.26. The number of hydrogen-bond acceptors (Lipinski definition) is 3. The van der Waals surface area contributed by atoms with Gasteiger partial charge in [0.15, 0.2) is 0 Å². The van der Waals surface area contributed by atoms with Gasteiger partial charge in [0.2, 0.25) is 5.91 Å². The maximum absolute atomic E-state index is 13.2.